The van der Waals surface area contributed by atoms with Gasteiger partial charge in [0.25, 0.3) is 0 Å². The fourth-order valence-corrected chi connectivity index (χ4v) is 3.35. The molecule has 0 radical (unpaired) electrons. The van der Waals surface area contributed by atoms with Crippen molar-refractivity contribution < 1.29 is 4.79 Å². The van der Waals surface area contributed by atoms with Gasteiger partial charge in [0.1, 0.15) is 0 Å². The van der Waals surface area contributed by atoms with Crippen LogP contribution < -0.4 is 5.32 Å². The first-order valence-corrected chi connectivity index (χ1v) is 10.0. The van der Waals surface area contributed by atoms with E-state index in [1.54, 1.807) is 11.0 Å². The highest BCUT2D eigenvalue weighted by atomic mass is 16.2. The van der Waals surface area contributed by atoms with Crippen LogP contribution in [-0.4, -0.2) is 22.0 Å². The summed E-state index contributed by atoms with van der Waals surface area (Å²) >= 11 is 0. The average Bonchev–Trinajstić information content (AvgIpc) is 3.15. The minimum absolute atomic E-state index is 0.127. The van der Waals surface area contributed by atoms with Crippen LogP contribution in [0.15, 0.2) is 79.5 Å². The van der Waals surface area contributed by atoms with Gasteiger partial charge in [-0.15, -0.1) is 6.58 Å². The maximum atomic E-state index is 12.9. The summed E-state index contributed by atoms with van der Waals surface area (Å²) < 4.78 is 2.19. The lowest BCUT2D eigenvalue weighted by Gasteiger charge is -2.23. The zero-order chi connectivity index (χ0) is 20.6. The molecule has 29 heavy (non-hydrogen) atoms. The molecule has 0 fully saturated rings. The first kappa shape index (κ1) is 20.5. The van der Waals surface area contributed by atoms with E-state index in [2.05, 4.69) is 66.8 Å². The molecule has 0 bridgehead atoms. The maximum Gasteiger partial charge on any atom is 0.322 e. The van der Waals surface area contributed by atoms with Gasteiger partial charge in [-0.1, -0.05) is 55.0 Å². The van der Waals surface area contributed by atoms with Crippen molar-refractivity contribution in [2.24, 2.45) is 0 Å². The van der Waals surface area contributed by atoms with Crippen molar-refractivity contribution in [3.05, 3.63) is 102 Å². The maximum absolute atomic E-state index is 12.9. The zero-order valence-electron chi connectivity index (χ0n) is 17.3. The third-order valence-electron chi connectivity index (χ3n) is 4.96. The minimum Gasteiger partial charge on any atom is -0.345 e. The molecule has 0 aliphatic heterocycles. The van der Waals surface area contributed by atoms with Crippen LogP contribution in [0, 0.1) is 6.92 Å². The SMILES string of the molecule is C=CCN(Cc1cccn1Cc1cccc(C)c1)C(=O)Nc1ccc(CC)cc1. The summed E-state index contributed by atoms with van der Waals surface area (Å²) in [5, 5.41) is 3.00. The van der Waals surface area contributed by atoms with E-state index in [1.165, 1.54) is 16.7 Å². The molecule has 0 spiro atoms. The fourth-order valence-electron chi connectivity index (χ4n) is 3.35. The summed E-state index contributed by atoms with van der Waals surface area (Å²) in [6.45, 7) is 9.81. The van der Waals surface area contributed by atoms with Crippen LogP contribution in [0.1, 0.15) is 29.3 Å². The van der Waals surface area contributed by atoms with Gasteiger partial charge < -0.3 is 14.8 Å². The monoisotopic (exact) mass is 387 g/mol. The largest absolute Gasteiger partial charge is 0.345 e. The molecule has 150 valence electrons. The number of carbonyl (C=O) groups is 1. The molecule has 1 aromatic heterocycles. The van der Waals surface area contributed by atoms with Crippen molar-refractivity contribution in [3.8, 4) is 0 Å². The Morgan fingerprint density at radius 2 is 1.90 bits per heavy atom. The van der Waals surface area contributed by atoms with Gasteiger partial charge in [-0.3, -0.25) is 0 Å². The van der Waals surface area contributed by atoms with Gasteiger partial charge in [-0.2, -0.15) is 0 Å². The molecule has 4 heteroatoms. The number of aryl methyl sites for hydroxylation is 2. The lowest BCUT2D eigenvalue weighted by Crippen LogP contribution is -2.35. The van der Waals surface area contributed by atoms with Crippen LogP contribution in [0.2, 0.25) is 0 Å². The predicted octanol–water partition coefficient (Wildman–Crippen LogP) is 5.63. The molecule has 1 heterocycles. The Balaban J connectivity index is 1.70. The van der Waals surface area contributed by atoms with Gasteiger partial charge in [-0.25, -0.2) is 4.79 Å². The van der Waals surface area contributed by atoms with E-state index in [0.29, 0.717) is 13.1 Å². The number of nitrogens with zero attached hydrogens (tertiary/aromatic N) is 2. The van der Waals surface area contributed by atoms with Crippen LogP contribution >= 0.6 is 0 Å². The predicted molar refractivity (Wildman–Crippen MR) is 120 cm³/mol. The molecular formula is C25H29N3O. The summed E-state index contributed by atoms with van der Waals surface area (Å²) in [6, 6.07) is 20.4. The van der Waals surface area contributed by atoms with E-state index in [1.807, 2.05) is 30.3 Å². The first-order chi connectivity index (χ1) is 14.1. The van der Waals surface area contributed by atoms with Crippen molar-refractivity contribution in [1.29, 1.82) is 0 Å². The second-order valence-corrected chi connectivity index (χ2v) is 7.27. The molecule has 0 saturated carbocycles. The van der Waals surface area contributed by atoms with Crippen LogP contribution in [0.4, 0.5) is 10.5 Å². The summed E-state index contributed by atoms with van der Waals surface area (Å²) in [4.78, 5) is 14.6. The summed E-state index contributed by atoms with van der Waals surface area (Å²) in [5.74, 6) is 0. The van der Waals surface area contributed by atoms with Gasteiger partial charge in [-0.05, 0) is 48.7 Å². The van der Waals surface area contributed by atoms with Gasteiger partial charge in [0.05, 0.1) is 6.54 Å². The number of carbonyl (C=O) groups excluding carboxylic acids is 1. The molecular weight excluding hydrogens is 358 g/mol. The Hall–Kier alpha value is -3.27. The van der Waals surface area contributed by atoms with Crippen molar-refractivity contribution in [2.75, 3.05) is 11.9 Å². The highest BCUT2D eigenvalue weighted by Crippen LogP contribution is 2.15. The van der Waals surface area contributed by atoms with Gasteiger partial charge >= 0.3 is 6.03 Å². The van der Waals surface area contributed by atoms with Crippen LogP contribution in [0.5, 0.6) is 0 Å². The van der Waals surface area contributed by atoms with Crippen LogP contribution in [-0.2, 0) is 19.5 Å². The standard InChI is InChI=1S/C25H29N3O/c1-4-15-28(25(29)26-23-13-11-21(5-2)12-14-23)19-24-10-7-16-27(24)18-22-9-6-8-20(3)17-22/h4,6-14,16-17H,1,5,15,18-19H2,2-3H3,(H,26,29). The zero-order valence-corrected chi connectivity index (χ0v) is 17.3. The molecule has 0 saturated heterocycles. The first-order valence-electron chi connectivity index (χ1n) is 10.0. The second-order valence-electron chi connectivity index (χ2n) is 7.27. The third kappa shape index (κ3) is 5.61. The Morgan fingerprint density at radius 3 is 2.59 bits per heavy atom. The van der Waals surface area contributed by atoms with Crippen molar-refractivity contribution in [3.63, 3.8) is 0 Å². The Kier molecular flexibility index (Phi) is 6.90. The van der Waals surface area contributed by atoms with Crippen LogP contribution in [0.3, 0.4) is 0 Å². The second kappa shape index (κ2) is 9.78. The summed E-state index contributed by atoms with van der Waals surface area (Å²) in [7, 11) is 0. The van der Waals surface area contributed by atoms with Gasteiger partial charge in [0.15, 0.2) is 0 Å². The molecule has 0 aliphatic carbocycles. The number of nitrogens with one attached hydrogen (secondary N) is 1. The number of amides is 2. The molecule has 0 aliphatic rings. The van der Waals surface area contributed by atoms with E-state index in [0.717, 1.165) is 24.3 Å². The van der Waals surface area contributed by atoms with Gasteiger partial charge in [0, 0.05) is 30.7 Å². The molecule has 2 aromatic carbocycles. The number of urea groups is 1. The normalized spacial score (nSPS) is 10.6. The summed E-state index contributed by atoms with van der Waals surface area (Å²) in [6.07, 6.45) is 4.80. The Bertz CT molecular complexity index is 956. The minimum atomic E-state index is -0.127. The Morgan fingerprint density at radius 1 is 1.10 bits per heavy atom. The van der Waals surface area contributed by atoms with Crippen molar-refractivity contribution >= 4 is 11.7 Å². The van der Waals surface area contributed by atoms with Crippen molar-refractivity contribution in [2.45, 2.75) is 33.4 Å². The quantitative estimate of drug-likeness (QED) is 0.500. The van der Waals surface area contributed by atoms with E-state index in [-0.39, 0.29) is 6.03 Å². The van der Waals surface area contributed by atoms with Crippen LogP contribution in [0.25, 0.3) is 0 Å². The van der Waals surface area contributed by atoms with E-state index in [4.69, 9.17) is 0 Å². The third-order valence-corrected chi connectivity index (χ3v) is 4.96. The number of benzene rings is 2. The number of anilines is 1. The van der Waals surface area contributed by atoms with E-state index >= 15 is 0 Å². The Labute approximate surface area is 173 Å². The average molecular weight is 388 g/mol. The summed E-state index contributed by atoms with van der Waals surface area (Å²) in [5.41, 5.74) is 5.64. The van der Waals surface area contributed by atoms with Crippen molar-refractivity contribution in [1.82, 2.24) is 9.47 Å². The molecule has 3 aromatic rings. The molecule has 0 atom stereocenters. The highest BCUT2D eigenvalue weighted by molar-refractivity contribution is 5.89. The highest BCUT2D eigenvalue weighted by Gasteiger charge is 2.15. The molecule has 4 nitrogen and oxygen atoms in total. The topological polar surface area (TPSA) is 37.3 Å². The lowest BCUT2D eigenvalue weighted by atomic mass is 10.1. The molecule has 2 amide bonds. The number of rotatable bonds is 8. The molecule has 3 rings (SSSR count). The molecule has 1 N–H and O–H groups in total. The number of aromatic nitrogens is 1. The number of hydrogen-bond acceptors (Lipinski definition) is 1. The fraction of sp³-hybridized carbons (Fsp3) is 0.240. The lowest BCUT2D eigenvalue weighted by molar-refractivity contribution is 0.214. The number of hydrogen-bond donors (Lipinski definition) is 1. The van der Waals surface area contributed by atoms with Gasteiger partial charge in [0.2, 0.25) is 0 Å². The van der Waals surface area contributed by atoms with E-state index in [9.17, 15) is 4.79 Å². The smallest absolute Gasteiger partial charge is 0.322 e. The van der Waals surface area contributed by atoms with E-state index < -0.39 is 0 Å². The molecule has 0 unspecified atom stereocenters.